The molecule has 3 aromatic heterocycles. The lowest BCUT2D eigenvalue weighted by atomic mass is 10.2. The van der Waals surface area contributed by atoms with Gasteiger partial charge in [0.1, 0.15) is 5.69 Å². The SMILES string of the molecule is O=C(NCCNc1nc(C(=O)c2cccs2)c2sccc2n1)Nc1ccccc1. The molecule has 9 heteroatoms. The molecule has 0 aliphatic heterocycles. The van der Waals surface area contributed by atoms with E-state index in [4.69, 9.17) is 0 Å². The van der Waals surface area contributed by atoms with E-state index in [1.807, 2.05) is 53.2 Å². The fourth-order valence-corrected chi connectivity index (χ4v) is 4.15. The van der Waals surface area contributed by atoms with Gasteiger partial charge in [0.05, 0.1) is 15.1 Å². The molecule has 0 spiro atoms. The summed E-state index contributed by atoms with van der Waals surface area (Å²) in [6.45, 7) is 0.794. The topological polar surface area (TPSA) is 96.0 Å². The number of ketones is 1. The van der Waals surface area contributed by atoms with Crippen LogP contribution in [0.2, 0.25) is 0 Å². The van der Waals surface area contributed by atoms with E-state index in [0.717, 1.165) is 15.9 Å². The molecule has 0 fully saturated rings. The second-order valence-corrected chi connectivity index (χ2v) is 7.87. The van der Waals surface area contributed by atoms with Crippen LogP contribution in [0.15, 0.2) is 59.3 Å². The second-order valence-electron chi connectivity index (χ2n) is 6.01. The quantitative estimate of drug-likeness (QED) is 0.306. The van der Waals surface area contributed by atoms with Crippen LogP contribution in [0, 0.1) is 0 Å². The van der Waals surface area contributed by atoms with Gasteiger partial charge in [-0.05, 0) is 35.0 Å². The van der Waals surface area contributed by atoms with E-state index in [-0.39, 0.29) is 11.8 Å². The molecule has 3 N–H and O–H groups in total. The van der Waals surface area contributed by atoms with Crippen LogP contribution in [0.25, 0.3) is 10.2 Å². The van der Waals surface area contributed by atoms with Crippen molar-refractivity contribution in [1.29, 1.82) is 0 Å². The van der Waals surface area contributed by atoms with Crippen LogP contribution in [0.1, 0.15) is 15.4 Å². The van der Waals surface area contributed by atoms with Crippen LogP contribution in [-0.2, 0) is 0 Å². The van der Waals surface area contributed by atoms with Crippen LogP contribution in [0.4, 0.5) is 16.4 Å². The van der Waals surface area contributed by atoms with Gasteiger partial charge in [-0.1, -0.05) is 24.3 Å². The van der Waals surface area contributed by atoms with Gasteiger partial charge in [0.15, 0.2) is 0 Å². The van der Waals surface area contributed by atoms with Gasteiger partial charge in [-0.25, -0.2) is 14.8 Å². The molecule has 146 valence electrons. The van der Waals surface area contributed by atoms with Crippen molar-refractivity contribution in [2.75, 3.05) is 23.7 Å². The summed E-state index contributed by atoms with van der Waals surface area (Å²) in [5, 5.41) is 12.3. The summed E-state index contributed by atoms with van der Waals surface area (Å²) in [4.78, 5) is 34.2. The Kier molecular flexibility index (Phi) is 5.78. The van der Waals surface area contributed by atoms with Gasteiger partial charge >= 0.3 is 6.03 Å². The van der Waals surface area contributed by atoms with Crippen molar-refractivity contribution in [3.05, 3.63) is 69.9 Å². The Bertz CT molecular complexity index is 1130. The highest BCUT2D eigenvalue weighted by Crippen LogP contribution is 2.26. The molecule has 4 aromatic rings. The van der Waals surface area contributed by atoms with Crippen molar-refractivity contribution in [2.45, 2.75) is 0 Å². The van der Waals surface area contributed by atoms with E-state index in [1.165, 1.54) is 22.7 Å². The van der Waals surface area contributed by atoms with Crippen molar-refractivity contribution in [3.8, 4) is 0 Å². The molecule has 0 bridgehead atoms. The zero-order valence-electron chi connectivity index (χ0n) is 15.2. The van der Waals surface area contributed by atoms with Crippen LogP contribution in [-0.4, -0.2) is 34.9 Å². The Morgan fingerprint density at radius 2 is 1.76 bits per heavy atom. The van der Waals surface area contributed by atoms with Crippen LogP contribution < -0.4 is 16.0 Å². The Hall–Kier alpha value is -3.30. The number of carbonyl (C=O) groups is 2. The summed E-state index contributed by atoms with van der Waals surface area (Å²) in [5.41, 5.74) is 1.84. The largest absolute Gasteiger partial charge is 0.352 e. The summed E-state index contributed by atoms with van der Waals surface area (Å²) < 4.78 is 0.773. The average Bonchev–Trinajstić information content (AvgIpc) is 3.43. The number of thiophene rings is 2. The summed E-state index contributed by atoms with van der Waals surface area (Å²) in [5.74, 6) is 0.249. The standard InChI is InChI=1S/C20H17N5O2S2/c26-17(15-7-4-11-28-15)16-18-14(8-12-29-18)24-19(25-16)21-9-10-22-20(27)23-13-5-2-1-3-6-13/h1-8,11-12H,9-10H2,(H,21,24,25)(H2,22,23,27). The van der Waals surface area contributed by atoms with Gasteiger partial charge in [-0.15, -0.1) is 22.7 Å². The maximum atomic E-state index is 12.8. The molecule has 4 rings (SSSR count). The minimum atomic E-state index is -0.291. The zero-order chi connectivity index (χ0) is 20.1. The van der Waals surface area contributed by atoms with E-state index in [1.54, 1.807) is 6.07 Å². The lowest BCUT2D eigenvalue weighted by molar-refractivity contribution is 0.103. The second kappa shape index (κ2) is 8.80. The first-order valence-corrected chi connectivity index (χ1v) is 10.6. The Morgan fingerprint density at radius 1 is 0.897 bits per heavy atom. The van der Waals surface area contributed by atoms with E-state index in [9.17, 15) is 9.59 Å². The van der Waals surface area contributed by atoms with Gasteiger partial charge in [0, 0.05) is 18.8 Å². The van der Waals surface area contributed by atoms with Crippen molar-refractivity contribution < 1.29 is 9.59 Å². The van der Waals surface area contributed by atoms with E-state index >= 15 is 0 Å². The van der Waals surface area contributed by atoms with Crippen molar-refractivity contribution >= 4 is 56.3 Å². The highest BCUT2D eigenvalue weighted by molar-refractivity contribution is 7.17. The lowest BCUT2D eigenvalue weighted by Crippen LogP contribution is -2.32. The number of aromatic nitrogens is 2. The molecular weight excluding hydrogens is 406 g/mol. The Morgan fingerprint density at radius 3 is 2.55 bits per heavy atom. The number of urea groups is 1. The molecule has 0 unspecified atom stereocenters. The molecular formula is C20H17N5O2S2. The number of hydrogen-bond acceptors (Lipinski definition) is 7. The minimum Gasteiger partial charge on any atom is -0.352 e. The number of nitrogens with one attached hydrogen (secondary N) is 3. The lowest BCUT2D eigenvalue weighted by Gasteiger charge is -2.09. The van der Waals surface area contributed by atoms with Crippen LogP contribution in [0.5, 0.6) is 0 Å². The maximum absolute atomic E-state index is 12.8. The van der Waals surface area contributed by atoms with Gasteiger partial charge in [-0.3, -0.25) is 4.79 Å². The van der Waals surface area contributed by atoms with Gasteiger partial charge in [0.2, 0.25) is 11.7 Å². The summed E-state index contributed by atoms with van der Waals surface area (Å²) in [7, 11) is 0. The van der Waals surface area contributed by atoms with E-state index in [2.05, 4.69) is 25.9 Å². The number of benzene rings is 1. The zero-order valence-corrected chi connectivity index (χ0v) is 16.8. The fraction of sp³-hybridized carbons (Fsp3) is 0.100. The average molecular weight is 424 g/mol. The molecule has 0 aliphatic rings. The monoisotopic (exact) mass is 423 g/mol. The maximum Gasteiger partial charge on any atom is 0.319 e. The molecule has 0 saturated carbocycles. The smallest absolute Gasteiger partial charge is 0.319 e. The fourth-order valence-electron chi connectivity index (χ4n) is 2.67. The van der Waals surface area contributed by atoms with E-state index < -0.39 is 0 Å². The Balaban J connectivity index is 1.38. The summed E-state index contributed by atoms with van der Waals surface area (Å²) in [6, 6.07) is 14.4. The number of anilines is 2. The number of hydrogen-bond donors (Lipinski definition) is 3. The molecule has 3 heterocycles. The molecule has 1 aromatic carbocycles. The molecule has 0 radical (unpaired) electrons. The number of amides is 2. The molecule has 7 nitrogen and oxygen atoms in total. The van der Waals surface area contributed by atoms with Gasteiger partial charge < -0.3 is 16.0 Å². The molecule has 0 aliphatic carbocycles. The third-order valence-electron chi connectivity index (χ3n) is 3.99. The van der Waals surface area contributed by atoms with Crippen molar-refractivity contribution in [1.82, 2.24) is 15.3 Å². The number of rotatable bonds is 7. The third-order valence-corrected chi connectivity index (χ3v) is 5.77. The molecule has 0 atom stereocenters. The summed E-state index contributed by atoms with van der Waals surface area (Å²) >= 11 is 2.84. The van der Waals surface area contributed by atoms with Crippen LogP contribution in [0.3, 0.4) is 0 Å². The van der Waals surface area contributed by atoms with Crippen molar-refractivity contribution in [2.24, 2.45) is 0 Å². The first-order valence-electron chi connectivity index (χ1n) is 8.88. The minimum absolute atomic E-state index is 0.113. The molecule has 0 saturated heterocycles. The Labute approximate surface area is 174 Å². The predicted molar refractivity (Wildman–Crippen MR) is 117 cm³/mol. The highest BCUT2D eigenvalue weighted by Gasteiger charge is 2.18. The molecule has 29 heavy (non-hydrogen) atoms. The highest BCUT2D eigenvalue weighted by atomic mass is 32.1. The van der Waals surface area contributed by atoms with E-state index in [0.29, 0.717) is 29.6 Å². The third kappa shape index (κ3) is 4.58. The first kappa shape index (κ1) is 19.0. The van der Waals surface area contributed by atoms with Gasteiger partial charge in [0.25, 0.3) is 0 Å². The van der Waals surface area contributed by atoms with Crippen molar-refractivity contribution in [3.63, 3.8) is 0 Å². The number of fused-ring (bicyclic) bond motifs is 1. The normalized spacial score (nSPS) is 10.6. The number of para-hydroxylation sites is 1. The number of carbonyl (C=O) groups excluding carboxylic acids is 2. The summed E-state index contributed by atoms with van der Waals surface area (Å²) in [6.07, 6.45) is 0. The predicted octanol–water partition coefficient (Wildman–Crippen LogP) is 4.22. The number of nitrogens with zero attached hydrogens (tertiary/aromatic N) is 2. The van der Waals surface area contributed by atoms with Crippen LogP contribution >= 0.6 is 22.7 Å². The first-order chi connectivity index (χ1) is 14.2. The molecule has 2 amide bonds. The van der Waals surface area contributed by atoms with Gasteiger partial charge in [-0.2, -0.15) is 0 Å².